The van der Waals surface area contributed by atoms with E-state index in [1.807, 2.05) is 0 Å². The minimum atomic E-state index is -0.856. The van der Waals surface area contributed by atoms with Crippen molar-refractivity contribution in [2.24, 2.45) is 0 Å². The van der Waals surface area contributed by atoms with Crippen LogP contribution < -0.4 is 4.74 Å². The van der Waals surface area contributed by atoms with Crippen LogP contribution >= 0.6 is 0 Å². The Balaban J connectivity index is 2.86. The van der Waals surface area contributed by atoms with E-state index in [4.69, 9.17) is 9.47 Å². The molecule has 0 radical (unpaired) electrons. The Labute approximate surface area is 94.2 Å². The number of rotatable bonds is 5. The average Bonchev–Trinajstić information content (AvgIpc) is 2.31. The maximum Gasteiger partial charge on any atom is 0.320 e. The molecule has 0 aliphatic carbocycles. The van der Waals surface area contributed by atoms with Crippen molar-refractivity contribution >= 4 is 12.3 Å². The van der Waals surface area contributed by atoms with Crippen molar-refractivity contribution in [1.82, 2.24) is 0 Å². The molecule has 0 aliphatic rings. The van der Waals surface area contributed by atoms with Crippen molar-refractivity contribution in [3.8, 4) is 5.75 Å². The Bertz CT molecular complexity index is 356. The number of carbonyl (C=O) groups excluding carboxylic acids is 2. The smallest absolute Gasteiger partial charge is 0.320 e. The number of methoxy groups -OCH3 is 1. The molecular formula is C12H14O4. The minimum Gasteiger partial charge on any atom is -0.497 e. The summed E-state index contributed by atoms with van der Waals surface area (Å²) in [5, 5.41) is 0. The van der Waals surface area contributed by atoms with Crippen LogP contribution in [-0.4, -0.2) is 26.0 Å². The van der Waals surface area contributed by atoms with Gasteiger partial charge >= 0.3 is 5.97 Å². The monoisotopic (exact) mass is 222 g/mol. The Kier molecular flexibility index (Phi) is 4.51. The number of ether oxygens (including phenoxy) is 2. The average molecular weight is 222 g/mol. The van der Waals surface area contributed by atoms with E-state index in [-0.39, 0.29) is 6.61 Å². The van der Waals surface area contributed by atoms with Crippen LogP contribution in [0.1, 0.15) is 18.4 Å². The van der Waals surface area contributed by atoms with E-state index in [1.165, 1.54) is 0 Å². The standard InChI is InChI=1S/C12H14O4/c1-3-16-12(14)11(8-13)9-4-6-10(15-2)7-5-9/h4-8,11H,3H2,1-2H3. The third kappa shape index (κ3) is 2.82. The van der Waals surface area contributed by atoms with Gasteiger partial charge < -0.3 is 14.3 Å². The van der Waals surface area contributed by atoms with Gasteiger partial charge in [-0.3, -0.25) is 4.79 Å². The summed E-state index contributed by atoms with van der Waals surface area (Å²) >= 11 is 0. The molecule has 4 nitrogen and oxygen atoms in total. The van der Waals surface area contributed by atoms with Gasteiger partial charge in [0.25, 0.3) is 0 Å². The summed E-state index contributed by atoms with van der Waals surface area (Å²) < 4.78 is 9.79. The molecule has 0 amide bonds. The van der Waals surface area contributed by atoms with Crippen molar-refractivity contribution in [2.45, 2.75) is 12.8 Å². The summed E-state index contributed by atoms with van der Waals surface area (Å²) in [5.41, 5.74) is 0.606. The summed E-state index contributed by atoms with van der Waals surface area (Å²) in [6.07, 6.45) is 0.583. The predicted octanol–water partition coefficient (Wildman–Crippen LogP) is 1.54. The van der Waals surface area contributed by atoms with E-state index in [1.54, 1.807) is 38.3 Å². The molecule has 0 spiro atoms. The van der Waals surface area contributed by atoms with Crippen molar-refractivity contribution in [2.75, 3.05) is 13.7 Å². The van der Waals surface area contributed by atoms with Gasteiger partial charge in [-0.25, -0.2) is 0 Å². The molecule has 1 aromatic carbocycles. The Morgan fingerprint density at radius 2 is 2.00 bits per heavy atom. The lowest BCUT2D eigenvalue weighted by Gasteiger charge is -2.10. The van der Waals surface area contributed by atoms with Crippen molar-refractivity contribution in [1.29, 1.82) is 0 Å². The fourth-order valence-electron chi connectivity index (χ4n) is 1.31. The lowest BCUT2D eigenvalue weighted by molar-refractivity contribution is -0.146. The van der Waals surface area contributed by atoms with Gasteiger partial charge in [-0.1, -0.05) is 12.1 Å². The first-order valence-electron chi connectivity index (χ1n) is 4.98. The van der Waals surface area contributed by atoms with Crippen LogP contribution in [0.15, 0.2) is 24.3 Å². The van der Waals surface area contributed by atoms with Gasteiger partial charge in [-0.15, -0.1) is 0 Å². The van der Waals surface area contributed by atoms with Crippen LogP contribution in [0, 0.1) is 0 Å². The highest BCUT2D eigenvalue weighted by Crippen LogP contribution is 2.19. The minimum absolute atomic E-state index is 0.263. The van der Waals surface area contributed by atoms with Gasteiger partial charge in [-0.05, 0) is 24.6 Å². The molecule has 0 saturated heterocycles. The van der Waals surface area contributed by atoms with Crippen molar-refractivity contribution in [3.05, 3.63) is 29.8 Å². The summed E-state index contributed by atoms with van der Waals surface area (Å²) in [4.78, 5) is 22.3. The summed E-state index contributed by atoms with van der Waals surface area (Å²) in [7, 11) is 1.55. The molecular weight excluding hydrogens is 208 g/mol. The molecule has 86 valence electrons. The number of hydrogen-bond acceptors (Lipinski definition) is 4. The second kappa shape index (κ2) is 5.90. The maximum atomic E-state index is 11.4. The molecule has 0 fully saturated rings. The van der Waals surface area contributed by atoms with Crippen molar-refractivity contribution < 1.29 is 19.1 Å². The molecule has 16 heavy (non-hydrogen) atoms. The fourth-order valence-corrected chi connectivity index (χ4v) is 1.31. The maximum absolute atomic E-state index is 11.4. The number of hydrogen-bond donors (Lipinski definition) is 0. The number of carbonyl (C=O) groups is 2. The molecule has 0 heterocycles. The zero-order valence-electron chi connectivity index (χ0n) is 9.30. The van der Waals surface area contributed by atoms with Gasteiger partial charge in [0, 0.05) is 0 Å². The summed E-state index contributed by atoms with van der Waals surface area (Å²) in [6, 6.07) is 6.75. The quantitative estimate of drug-likeness (QED) is 0.431. The largest absolute Gasteiger partial charge is 0.497 e. The zero-order valence-corrected chi connectivity index (χ0v) is 9.30. The first kappa shape index (κ1) is 12.2. The van der Waals surface area contributed by atoms with Crippen LogP contribution in [0.25, 0.3) is 0 Å². The third-order valence-corrected chi connectivity index (χ3v) is 2.15. The second-order valence-corrected chi connectivity index (χ2v) is 3.14. The van der Waals surface area contributed by atoms with Gasteiger partial charge in [0.15, 0.2) is 0 Å². The van der Waals surface area contributed by atoms with Crippen LogP contribution in [0.3, 0.4) is 0 Å². The Hall–Kier alpha value is -1.84. The van der Waals surface area contributed by atoms with Crippen LogP contribution in [0.4, 0.5) is 0 Å². The number of aldehydes is 1. The molecule has 0 N–H and O–H groups in total. The topological polar surface area (TPSA) is 52.6 Å². The van der Waals surface area contributed by atoms with Crippen LogP contribution in [0.5, 0.6) is 5.75 Å². The predicted molar refractivity (Wildman–Crippen MR) is 58.4 cm³/mol. The number of esters is 1. The molecule has 1 rings (SSSR count). The molecule has 0 aromatic heterocycles. The molecule has 1 unspecified atom stereocenters. The highest BCUT2D eigenvalue weighted by atomic mass is 16.5. The van der Waals surface area contributed by atoms with Gasteiger partial charge in [-0.2, -0.15) is 0 Å². The molecule has 0 bridgehead atoms. The molecule has 0 aliphatic heterocycles. The number of benzene rings is 1. The van der Waals surface area contributed by atoms with Gasteiger partial charge in [0.2, 0.25) is 0 Å². The van der Waals surface area contributed by atoms with Crippen LogP contribution in [0.2, 0.25) is 0 Å². The lowest BCUT2D eigenvalue weighted by Crippen LogP contribution is -2.17. The van der Waals surface area contributed by atoms with E-state index in [0.29, 0.717) is 17.6 Å². The van der Waals surface area contributed by atoms with E-state index >= 15 is 0 Å². The summed E-state index contributed by atoms with van der Waals surface area (Å²) in [6.45, 7) is 1.97. The Morgan fingerprint density at radius 3 is 2.44 bits per heavy atom. The molecule has 0 saturated carbocycles. The van der Waals surface area contributed by atoms with E-state index in [9.17, 15) is 9.59 Å². The first-order chi connectivity index (χ1) is 7.72. The van der Waals surface area contributed by atoms with Crippen LogP contribution in [-0.2, 0) is 14.3 Å². The highest BCUT2D eigenvalue weighted by molar-refractivity contribution is 5.94. The zero-order chi connectivity index (χ0) is 12.0. The fraction of sp³-hybridized carbons (Fsp3) is 0.333. The third-order valence-electron chi connectivity index (χ3n) is 2.15. The van der Waals surface area contributed by atoms with E-state index in [0.717, 1.165) is 0 Å². The van der Waals surface area contributed by atoms with E-state index in [2.05, 4.69) is 0 Å². The summed E-state index contributed by atoms with van der Waals surface area (Å²) in [5.74, 6) is -0.703. The molecule has 1 atom stereocenters. The molecule has 4 heteroatoms. The van der Waals surface area contributed by atoms with Gasteiger partial charge in [0.1, 0.15) is 18.0 Å². The Morgan fingerprint density at radius 1 is 1.38 bits per heavy atom. The second-order valence-electron chi connectivity index (χ2n) is 3.14. The van der Waals surface area contributed by atoms with Gasteiger partial charge in [0.05, 0.1) is 13.7 Å². The van der Waals surface area contributed by atoms with E-state index < -0.39 is 11.9 Å². The normalized spacial score (nSPS) is 11.6. The SMILES string of the molecule is CCOC(=O)C(C=O)c1ccc(OC)cc1. The lowest BCUT2D eigenvalue weighted by atomic mass is 10.0. The van der Waals surface area contributed by atoms with Crippen molar-refractivity contribution in [3.63, 3.8) is 0 Å². The highest BCUT2D eigenvalue weighted by Gasteiger charge is 2.20. The molecule has 1 aromatic rings. The first-order valence-corrected chi connectivity index (χ1v) is 4.98.